The molecule has 1 heterocycles. The van der Waals surface area contributed by atoms with Crippen LogP contribution in [-0.4, -0.2) is 19.3 Å². The zero-order valence-electron chi connectivity index (χ0n) is 13.0. The van der Waals surface area contributed by atoms with Crippen molar-refractivity contribution in [1.82, 2.24) is 5.32 Å². The van der Waals surface area contributed by atoms with Crippen molar-refractivity contribution in [3.8, 4) is 0 Å². The number of hydrogen-bond acceptors (Lipinski definition) is 2. The Morgan fingerprint density at radius 3 is 2.50 bits per heavy atom. The van der Waals surface area contributed by atoms with E-state index >= 15 is 0 Å². The normalized spacial score (nSPS) is 24.1. The van der Waals surface area contributed by atoms with Gasteiger partial charge in [-0.3, -0.25) is 0 Å². The van der Waals surface area contributed by atoms with E-state index in [1.807, 2.05) is 26.0 Å². The minimum absolute atomic E-state index is 0.0845. The van der Waals surface area contributed by atoms with Crippen LogP contribution in [0.15, 0.2) is 12.1 Å². The van der Waals surface area contributed by atoms with Crippen LogP contribution in [0.5, 0.6) is 0 Å². The highest BCUT2D eigenvalue weighted by Crippen LogP contribution is 2.34. The minimum atomic E-state index is -0.0845. The van der Waals surface area contributed by atoms with Crippen LogP contribution in [0, 0.1) is 25.6 Å². The molecule has 20 heavy (non-hydrogen) atoms. The summed E-state index contributed by atoms with van der Waals surface area (Å²) >= 11 is 0. The van der Waals surface area contributed by atoms with Crippen molar-refractivity contribution < 1.29 is 9.13 Å². The highest BCUT2D eigenvalue weighted by Gasteiger charge is 2.32. The highest BCUT2D eigenvalue weighted by molar-refractivity contribution is 5.33. The lowest BCUT2D eigenvalue weighted by atomic mass is 9.86. The largest absolute Gasteiger partial charge is 0.378 e. The molecule has 3 atom stereocenters. The van der Waals surface area contributed by atoms with Gasteiger partial charge in [-0.05, 0) is 56.8 Å². The first-order chi connectivity index (χ1) is 9.54. The molecule has 112 valence electrons. The van der Waals surface area contributed by atoms with Crippen molar-refractivity contribution in [3.05, 3.63) is 34.6 Å². The van der Waals surface area contributed by atoms with E-state index in [-0.39, 0.29) is 18.0 Å². The first kappa shape index (κ1) is 15.5. The van der Waals surface area contributed by atoms with E-state index in [4.69, 9.17) is 4.74 Å². The Bertz CT molecular complexity index is 437. The molecular formula is C17H26FNO. The number of rotatable bonds is 5. The fraction of sp³-hybridized carbons (Fsp3) is 0.647. The zero-order chi connectivity index (χ0) is 14.7. The maximum atomic E-state index is 13.8. The summed E-state index contributed by atoms with van der Waals surface area (Å²) in [4.78, 5) is 0. The molecule has 1 aliphatic heterocycles. The van der Waals surface area contributed by atoms with E-state index < -0.39 is 0 Å². The molecule has 1 saturated heterocycles. The molecule has 2 rings (SSSR count). The van der Waals surface area contributed by atoms with Gasteiger partial charge in [0.25, 0.3) is 0 Å². The fourth-order valence-corrected chi connectivity index (χ4v) is 3.16. The number of aryl methyl sites for hydroxylation is 2. The quantitative estimate of drug-likeness (QED) is 0.882. The monoisotopic (exact) mass is 279 g/mol. The smallest absolute Gasteiger partial charge is 0.129 e. The van der Waals surface area contributed by atoms with Crippen LogP contribution in [0.4, 0.5) is 4.39 Å². The van der Waals surface area contributed by atoms with Gasteiger partial charge in [0.2, 0.25) is 0 Å². The standard InChI is InChI=1S/C17H26FNO/c1-5-7-19-17(15-6-8-20-13(15)4)14-9-11(2)16(18)12(3)10-14/h9-10,13,15,17,19H,5-8H2,1-4H3. The highest BCUT2D eigenvalue weighted by atomic mass is 19.1. The van der Waals surface area contributed by atoms with Crippen LogP contribution in [0.25, 0.3) is 0 Å². The average Bonchev–Trinajstić information content (AvgIpc) is 2.83. The molecule has 0 amide bonds. The number of ether oxygens (including phenoxy) is 1. The van der Waals surface area contributed by atoms with Crippen molar-refractivity contribution in [1.29, 1.82) is 0 Å². The molecule has 1 aromatic rings. The van der Waals surface area contributed by atoms with Crippen molar-refractivity contribution in [2.75, 3.05) is 13.2 Å². The topological polar surface area (TPSA) is 21.3 Å². The third-order valence-corrected chi connectivity index (χ3v) is 4.30. The van der Waals surface area contributed by atoms with Crippen LogP contribution >= 0.6 is 0 Å². The van der Waals surface area contributed by atoms with Gasteiger partial charge in [-0.2, -0.15) is 0 Å². The molecule has 0 spiro atoms. The molecule has 1 N–H and O–H groups in total. The predicted octanol–water partition coefficient (Wildman–Crippen LogP) is 3.91. The zero-order valence-corrected chi connectivity index (χ0v) is 13.0. The number of benzene rings is 1. The van der Waals surface area contributed by atoms with Gasteiger partial charge < -0.3 is 10.1 Å². The van der Waals surface area contributed by atoms with Gasteiger partial charge in [0.15, 0.2) is 0 Å². The Hall–Kier alpha value is -0.930. The second kappa shape index (κ2) is 6.68. The summed E-state index contributed by atoms with van der Waals surface area (Å²) in [6, 6.07) is 4.23. The molecule has 1 aliphatic rings. The van der Waals surface area contributed by atoms with Crippen molar-refractivity contribution in [3.63, 3.8) is 0 Å². The third kappa shape index (κ3) is 3.21. The van der Waals surface area contributed by atoms with E-state index in [0.29, 0.717) is 5.92 Å². The summed E-state index contributed by atoms with van der Waals surface area (Å²) in [6.07, 6.45) is 2.42. The van der Waals surface area contributed by atoms with Crippen LogP contribution in [0.1, 0.15) is 49.4 Å². The molecule has 1 fully saturated rings. The fourth-order valence-electron chi connectivity index (χ4n) is 3.16. The Kier molecular flexibility index (Phi) is 5.17. The molecule has 3 unspecified atom stereocenters. The van der Waals surface area contributed by atoms with Crippen molar-refractivity contribution in [2.45, 2.75) is 52.7 Å². The van der Waals surface area contributed by atoms with E-state index in [1.165, 1.54) is 5.56 Å². The van der Waals surface area contributed by atoms with Gasteiger partial charge >= 0.3 is 0 Å². The molecule has 3 heteroatoms. The van der Waals surface area contributed by atoms with E-state index in [2.05, 4.69) is 19.2 Å². The van der Waals surface area contributed by atoms with Crippen LogP contribution in [0.2, 0.25) is 0 Å². The lowest BCUT2D eigenvalue weighted by Gasteiger charge is -2.28. The SMILES string of the molecule is CCCNC(c1cc(C)c(F)c(C)c1)C1CCOC1C. The first-order valence-corrected chi connectivity index (χ1v) is 7.66. The molecular weight excluding hydrogens is 253 g/mol. The lowest BCUT2D eigenvalue weighted by molar-refractivity contribution is 0.0953. The Morgan fingerprint density at radius 1 is 1.35 bits per heavy atom. The van der Waals surface area contributed by atoms with Crippen molar-refractivity contribution in [2.24, 2.45) is 5.92 Å². The van der Waals surface area contributed by atoms with Gasteiger partial charge in [0.1, 0.15) is 5.82 Å². The number of nitrogens with one attached hydrogen (secondary N) is 1. The summed E-state index contributed by atoms with van der Waals surface area (Å²) in [5.41, 5.74) is 2.65. The average molecular weight is 279 g/mol. The Labute approximate surface area is 121 Å². The third-order valence-electron chi connectivity index (χ3n) is 4.30. The van der Waals surface area contributed by atoms with Crippen LogP contribution in [0.3, 0.4) is 0 Å². The summed E-state index contributed by atoms with van der Waals surface area (Å²) in [7, 11) is 0. The summed E-state index contributed by atoms with van der Waals surface area (Å²) < 4.78 is 19.6. The lowest BCUT2D eigenvalue weighted by Crippen LogP contribution is -2.32. The second-order valence-corrected chi connectivity index (χ2v) is 5.93. The molecule has 2 nitrogen and oxygen atoms in total. The van der Waals surface area contributed by atoms with E-state index in [9.17, 15) is 4.39 Å². The van der Waals surface area contributed by atoms with E-state index in [1.54, 1.807) is 0 Å². The second-order valence-electron chi connectivity index (χ2n) is 5.93. The minimum Gasteiger partial charge on any atom is -0.378 e. The van der Waals surface area contributed by atoms with Gasteiger partial charge in [-0.1, -0.05) is 19.1 Å². The summed E-state index contributed by atoms with van der Waals surface area (Å²) in [5, 5.41) is 3.63. The van der Waals surface area contributed by atoms with Crippen LogP contribution in [-0.2, 0) is 4.74 Å². The molecule has 1 aromatic carbocycles. The number of halogens is 1. The maximum absolute atomic E-state index is 13.8. The maximum Gasteiger partial charge on any atom is 0.129 e. The Morgan fingerprint density at radius 2 is 2.00 bits per heavy atom. The van der Waals surface area contributed by atoms with Crippen LogP contribution < -0.4 is 5.32 Å². The summed E-state index contributed by atoms with van der Waals surface area (Å²) in [6.45, 7) is 9.80. The van der Waals surface area contributed by atoms with Crippen molar-refractivity contribution >= 4 is 0 Å². The van der Waals surface area contributed by atoms with Gasteiger partial charge in [-0.25, -0.2) is 4.39 Å². The first-order valence-electron chi connectivity index (χ1n) is 7.66. The Balaban J connectivity index is 2.30. The number of hydrogen-bond donors (Lipinski definition) is 1. The molecule has 0 bridgehead atoms. The molecule has 0 aliphatic carbocycles. The molecule has 0 aromatic heterocycles. The van der Waals surface area contributed by atoms with E-state index in [0.717, 1.165) is 37.1 Å². The molecule has 0 radical (unpaired) electrons. The predicted molar refractivity (Wildman–Crippen MR) is 80.4 cm³/mol. The van der Waals surface area contributed by atoms with Gasteiger partial charge in [0.05, 0.1) is 6.10 Å². The van der Waals surface area contributed by atoms with Gasteiger partial charge in [-0.15, -0.1) is 0 Å². The van der Waals surface area contributed by atoms with Gasteiger partial charge in [0, 0.05) is 18.6 Å². The summed E-state index contributed by atoms with van der Waals surface area (Å²) in [5.74, 6) is 0.379. The molecule has 0 saturated carbocycles.